The number of rotatable bonds is 2. The van der Waals surface area contributed by atoms with Crippen molar-refractivity contribution in [1.29, 1.82) is 0 Å². The number of carbonyl (C=O) groups excluding carboxylic acids is 1. The van der Waals surface area contributed by atoms with Crippen molar-refractivity contribution >= 4 is 5.97 Å². The molecule has 0 aliphatic carbocycles. The van der Waals surface area contributed by atoms with Crippen molar-refractivity contribution in [3.8, 4) is 5.75 Å². The van der Waals surface area contributed by atoms with Crippen LogP contribution in [0.15, 0.2) is 30.6 Å². The van der Waals surface area contributed by atoms with E-state index in [4.69, 9.17) is 4.74 Å². The third-order valence-corrected chi connectivity index (χ3v) is 2.30. The van der Waals surface area contributed by atoms with Crippen LogP contribution in [0.2, 0.25) is 0 Å². The zero-order valence-corrected chi connectivity index (χ0v) is 9.48. The van der Waals surface area contributed by atoms with Gasteiger partial charge in [0.05, 0.1) is 11.8 Å². The van der Waals surface area contributed by atoms with E-state index in [1.165, 1.54) is 23.1 Å². The van der Waals surface area contributed by atoms with Crippen molar-refractivity contribution in [2.24, 2.45) is 7.05 Å². The van der Waals surface area contributed by atoms with Crippen LogP contribution in [0.25, 0.3) is 0 Å². The van der Waals surface area contributed by atoms with Crippen LogP contribution >= 0.6 is 0 Å². The lowest BCUT2D eigenvalue weighted by Gasteiger charge is -2.05. The van der Waals surface area contributed by atoms with E-state index in [2.05, 4.69) is 5.10 Å². The van der Waals surface area contributed by atoms with Gasteiger partial charge in [0.25, 0.3) is 0 Å². The molecular formula is C12H11FN2O2. The average Bonchev–Trinajstić information content (AvgIpc) is 2.72. The van der Waals surface area contributed by atoms with Crippen LogP contribution in [0, 0.1) is 12.7 Å². The van der Waals surface area contributed by atoms with E-state index in [1.807, 2.05) is 0 Å². The molecule has 0 spiro atoms. The highest BCUT2D eigenvalue weighted by Crippen LogP contribution is 2.20. The summed E-state index contributed by atoms with van der Waals surface area (Å²) >= 11 is 0. The van der Waals surface area contributed by atoms with E-state index >= 15 is 0 Å². The summed E-state index contributed by atoms with van der Waals surface area (Å²) in [5, 5.41) is 3.84. The number of carbonyl (C=O) groups is 1. The van der Waals surface area contributed by atoms with Gasteiger partial charge in [-0.3, -0.25) is 4.68 Å². The zero-order valence-electron chi connectivity index (χ0n) is 9.48. The van der Waals surface area contributed by atoms with Crippen LogP contribution in [0.4, 0.5) is 4.39 Å². The molecule has 0 N–H and O–H groups in total. The Morgan fingerprint density at radius 2 is 2.24 bits per heavy atom. The van der Waals surface area contributed by atoms with E-state index in [0.29, 0.717) is 5.56 Å². The van der Waals surface area contributed by atoms with Crippen LogP contribution in [0.1, 0.15) is 15.9 Å². The fourth-order valence-electron chi connectivity index (χ4n) is 1.38. The second kappa shape index (κ2) is 4.37. The number of esters is 1. The molecule has 0 unspecified atom stereocenters. The Morgan fingerprint density at radius 1 is 1.47 bits per heavy atom. The first-order chi connectivity index (χ1) is 8.08. The number of nitrogens with zero attached hydrogens (tertiary/aromatic N) is 2. The molecule has 0 saturated carbocycles. The summed E-state index contributed by atoms with van der Waals surface area (Å²) < 4.78 is 20.0. The minimum absolute atomic E-state index is 0.0705. The molecule has 1 aromatic carbocycles. The van der Waals surface area contributed by atoms with Crippen LogP contribution < -0.4 is 4.74 Å². The molecule has 1 heterocycles. The van der Waals surface area contributed by atoms with Crippen LogP contribution in [0.3, 0.4) is 0 Å². The predicted octanol–water partition coefficient (Wildman–Crippen LogP) is 2.09. The Bertz CT molecular complexity index is 563. The molecule has 2 aromatic rings. The van der Waals surface area contributed by atoms with Crippen molar-refractivity contribution < 1.29 is 13.9 Å². The van der Waals surface area contributed by atoms with Gasteiger partial charge in [0.1, 0.15) is 0 Å². The predicted molar refractivity (Wildman–Crippen MR) is 59.3 cm³/mol. The first-order valence-electron chi connectivity index (χ1n) is 5.04. The van der Waals surface area contributed by atoms with Crippen molar-refractivity contribution in [2.75, 3.05) is 0 Å². The Labute approximate surface area is 97.6 Å². The molecule has 0 atom stereocenters. The summed E-state index contributed by atoms with van der Waals surface area (Å²) in [5.41, 5.74) is 0.717. The van der Waals surface area contributed by atoms with Gasteiger partial charge in [-0.25, -0.2) is 9.18 Å². The second-order valence-electron chi connectivity index (χ2n) is 3.68. The second-order valence-corrected chi connectivity index (χ2v) is 3.68. The third kappa shape index (κ3) is 2.33. The van der Waals surface area contributed by atoms with Gasteiger partial charge in [-0.2, -0.15) is 5.10 Å². The number of hydrogen-bond acceptors (Lipinski definition) is 3. The van der Waals surface area contributed by atoms with Crippen molar-refractivity contribution in [2.45, 2.75) is 6.92 Å². The molecular weight excluding hydrogens is 223 g/mol. The van der Waals surface area contributed by atoms with E-state index in [0.717, 1.165) is 0 Å². The molecule has 88 valence electrons. The number of ether oxygens (including phenoxy) is 1. The monoisotopic (exact) mass is 234 g/mol. The Hall–Kier alpha value is -2.17. The average molecular weight is 234 g/mol. The molecule has 0 aliphatic rings. The van der Waals surface area contributed by atoms with Crippen LogP contribution in [0.5, 0.6) is 5.75 Å². The maximum Gasteiger partial charge on any atom is 0.346 e. The molecule has 1 aromatic heterocycles. The number of aryl methyl sites for hydroxylation is 2. The van der Waals surface area contributed by atoms with Gasteiger partial charge in [-0.1, -0.05) is 12.1 Å². The summed E-state index contributed by atoms with van der Waals surface area (Å²) in [6, 6.07) is 4.65. The van der Waals surface area contributed by atoms with Crippen LogP contribution in [-0.4, -0.2) is 15.7 Å². The highest BCUT2D eigenvalue weighted by atomic mass is 19.1. The topological polar surface area (TPSA) is 44.1 Å². The van der Waals surface area contributed by atoms with Gasteiger partial charge in [0.2, 0.25) is 0 Å². The molecule has 0 fully saturated rings. The SMILES string of the molecule is Cc1cccc(OC(=O)c2cnn(C)c2)c1F. The van der Waals surface area contributed by atoms with E-state index in [1.54, 1.807) is 26.1 Å². The number of aromatic nitrogens is 2. The normalized spacial score (nSPS) is 10.3. The first kappa shape index (κ1) is 11.3. The number of hydrogen-bond donors (Lipinski definition) is 0. The summed E-state index contributed by atoms with van der Waals surface area (Å²) in [6.07, 6.45) is 2.88. The Kier molecular flexibility index (Phi) is 2.91. The van der Waals surface area contributed by atoms with Crippen LogP contribution in [-0.2, 0) is 7.05 Å². The lowest BCUT2D eigenvalue weighted by atomic mass is 10.2. The van der Waals surface area contributed by atoms with Crippen molar-refractivity contribution in [3.63, 3.8) is 0 Å². The van der Waals surface area contributed by atoms with E-state index in [9.17, 15) is 9.18 Å². The highest BCUT2D eigenvalue weighted by Gasteiger charge is 2.14. The highest BCUT2D eigenvalue weighted by molar-refractivity contribution is 5.90. The van der Waals surface area contributed by atoms with E-state index in [-0.39, 0.29) is 11.3 Å². The zero-order chi connectivity index (χ0) is 12.4. The van der Waals surface area contributed by atoms with Crippen molar-refractivity contribution in [3.05, 3.63) is 47.5 Å². The fourth-order valence-corrected chi connectivity index (χ4v) is 1.38. The fraction of sp³-hybridized carbons (Fsp3) is 0.167. The molecule has 5 heteroatoms. The summed E-state index contributed by atoms with van der Waals surface area (Å²) in [7, 11) is 1.68. The lowest BCUT2D eigenvalue weighted by molar-refractivity contribution is 0.0727. The maximum absolute atomic E-state index is 13.6. The standard InChI is InChI=1S/C12H11FN2O2/c1-8-4-3-5-10(11(8)13)17-12(16)9-6-14-15(2)7-9/h3-7H,1-2H3. The number of benzene rings is 1. The molecule has 0 radical (unpaired) electrons. The third-order valence-electron chi connectivity index (χ3n) is 2.30. The van der Waals surface area contributed by atoms with Gasteiger partial charge in [0.15, 0.2) is 11.6 Å². The lowest BCUT2D eigenvalue weighted by Crippen LogP contribution is -2.09. The van der Waals surface area contributed by atoms with E-state index < -0.39 is 11.8 Å². The molecule has 2 rings (SSSR count). The minimum Gasteiger partial charge on any atom is -0.420 e. The van der Waals surface area contributed by atoms with Gasteiger partial charge in [-0.05, 0) is 18.6 Å². The Morgan fingerprint density at radius 3 is 2.88 bits per heavy atom. The Balaban J connectivity index is 2.21. The summed E-state index contributed by atoms with van der Waals surface area (Å²) in [5.74, 6) is -1.22. The van der Waals surface area contributed by atoms with Gasteiger partial charge in [-0.15, -0.1) is 0 Å². The molecule has 17 heavy (non-hydrogen) atoms. The van der Waals surface area contributed by atoms with Gasteiger partial charge < -0.3 is 4.74 Å². The minimum atomic E-state index is -0.623. The first-order valence-corrected chi connectivity index (χ1v) is 5.04. The largest absolute Gasteiger partial charge is 0.420 e. The maximum atomic E-state index is 13.6. The van der Waals surface area contributed by atoms with Gasteiger partial charge >= 0.3 is 5.97 Å². The molecule has 0 bridgehead atoms. The number of halogens is 1. The quantitative estimate of drug-likeness (QED) is 0.590. The van der Waals surface area contributed by atoms with Gasteiger partial charge in [0, 0.05) is 13.2 Å². The summed E-state index contributed by atoms with van der Waals surface area (Å²) in [6.45, 7) is 1.61. The smallest absolute Gasteiger partial charge is 0.346 e. The molecule has 0 saturated heterocycles. The molecule has 0 aliphatic heterocycles. The summed E-state index contributed by atoms with van der Waals surface area (Å²) in [4.78, 5) is 11.6. The molecule has 0 amide bonds. The van der Waals surface area contributed by atoms with Crippen molar-refractivity contribution in [1.82, 2.24) is 9.78 Å². The molecule has 4 nitrogen and oxygen atoms in total.